The molecule has 1 aromatic carbocycles. The molecule has 0 aliphatic rings. The number of hydrogen-bond acceptors (Lipinski definition) is 8. The molecule has 0 radical (unpaired) electrons. The summed E-state index contributed by atoms with van der Waals surface area (Å²) in [6, 6.07) is 10.1. The Balaban J connectivity index is 1.60. The Morgan fingerprint density at radius 3 is 2.58 bits per heavy atom. The lowest BCUT2D eigenvalue weighted by Crippen LogP contribution is -2.43. The number of aromatic nitrogens is 5. The fourth-order valence-corrected chi connectivity index (χ4v) is 2.71. The van der Waals surface area contributed by atoms with E-state index in [2.05, 4.69) is 41.6 Å². The summed E-state index contributed by atoms with van der Waals surface area (Å²) in [4.78, 5) is 17.4. The Morgan fingerprint density at radius 2 is 1.97 bits per heavy atom. The van der Waals surface area contributed by atoms with Crippen LogP contribution in [0.5, 0.6) is 11.6 Å². The molecule has 3 aromatic rings. The fraction of sp³-hybridized carbons (Fsp3) is 0.350. The maximum absolute atomic E-state index is 11.9. The number of tetrazole rings is 1. The Morgan fingerprint density at radius 1 is 1.23 bits per heavy atom. The number of benzene rings is 1. The van der Waals surface area contributed by atoms with Crippen LogP contribution >= 0.6 is 15.9 Å². The molecule has 164 valence electrons. The van der Waals surface area contributed by atoms with Crippen molar-refractivity contribution in [1.29, 1.82) is 0 Å². The zero-order chi connectivity index (χ0) is 22.4. The quantitative estimate of drug-likeness (QED) is 0.517. The van der Waals surface area contributed by atoms with E-state index in [0.717, 1.165) is 10.0 Å². The highest BCUT2D eigenvalue weighted by Gasteiger charge is 2.20. The van der Waals surface area contributed by atoms with Gasteiger partial charge < -0.3 is 19.9 Å². The second-order valence-corrected chi connectivity index (χ2v) is 8.55. The molecule has 2 heterocycles. The number of ether oxygens (including phenoxy) is 2. The number of carbonyl (C=O) groups excluding carboxylic acids is 1. The molecule has 0 spiro atoms. The van der Waals surface area contributed by atoms with E-state index in [4.69, 9.17) is 9.47 Å². The van der Waals surface area contributed by atoms with E-state index in [1.807, 2.05) is 6.07 Å². The molecule has 0 aliphatic carbocycles. The van der Waals surface area contributed by atoms with Gasteiger partial charge in [0.2, 0.25) is 11.7 Å². The summed E-state index contributed by atoms with van der Waals surface area (Å²) in [5.41, 5.74) is 0.106. The molecule has 2 aromatic heterocycles. The van der Waals surface area contributed by atoms with Gasteiger partial charge in [-0.25, -0.2) is 9.78 Å². The molecular weight excluding hydrogens is 468 g/mol. The maximum Gasteiger partial charge on any atom is 0.408 e. The van der Waals surface area contributed by atoms with Gasteiger partial charge in [0, 0.05) is 22.3 Å². The summed E-state index contributed by atoms with van der Waals surface area (Å²) in [7, 11) is 0. The molecular formula is C20H23BrN6O4. The average Bonchev–Trinajstić information content (AvgIpc) is 3.17. The van der Waals surface area contributed by atoms with Crippen molar-refractivity contribution in [2.75, 3.05) is 6.61 Å². The van der Waals surface area contributed by atoms with E-state index >= 15 is 0 Å². The molecule has 11 heteroatoms. The number of aliphatic hydroxyl groups is 1. The maximum atomic E-state index is 11.9. The summed E-state index contributed by atoms with van der Waals surface area (Å²) in [5, 5.41) is 24.5. The number of alkyl carbamates (subject to hydrolysis) is 1. The first-order valence-electron chi connectivity index (χ1n) is 9.50. The predicted molar refractivity (Wildman–Crippen MR) is 116 cm³/mol. The SMILES string of the molecule is CC(C)(C)OC(=O)N[C@H](CO)Cn1nnc(-c2ccc(Oc3ccc(Br)cn3)cc2)n1. The molecule has 2 N–H and O–H groups in total. The molecule has 10 nitrogen and oxygen atoms in total. The summed E-state index contributed by atoms with van der Waals surface area (Å²) >= 11 is 3.33. The Labute approximate surface area is 187 Å². The van der Waals surface area contributed by atoms with Crippen LogP contribution in [0.1, 0.15) is 20.8 Å². The first-order chi connectivity index (χ1) is 14.7. The summed E-state index contributed by atoms with van der Waals surface area (Å²) < 4.78 is 11.8. The second-order valence-electron chi connectivity index (χ2n) is 7.63. The second kappa shape index (κ2) is 9.84. The summed E-state index contributed by atoms with van der Waals surface area (Å²) in [6.45, 7) is 5.12. The van der Waals surface area contributed by atoms with Crippen LogP contribution in [0.2, 0.25) is 0 Å². The van der Waals surface area contributed by atoms with E-state index in [1.165, 1.54) is 4.80 Å². The van der Waals surface area contributed by atoms with Gasteiger partial charge in [-0.05, 0) is 72.2 Å². The van der Waals surface area contributed by atoms with Gasteiger partial charge in [-0.15, -0.1) is 10.2 Å². The minimum Gasteiger partial charge on any atom is -0.444 e. The molecule has 1 amide bonds. The molecule has 0 unspecified atom stereocenters. The van der Waals surface area contributed by atoms with Crippen molar-refractivity contribution in [3.05, 3.63) is 47.1 Å². The van der Waals surface area contributed by atoms with Crippen molar-refractivity contribution < 1.29 is 19.4 Å². The lowest BCUT2D eigenvalue weighted by molar-refractivity contribution is 0.0472. The van der Waals surface area contributed by atoms with Gasteiger partial charge in [-0.1, -0.05) is 0 Å². The van der Waals surface area contributed by atoms with Crippen LogP contribution in [-0.4, -0.2) is 54.6 Å². The molecule has 0 bridgehead atoms. The van der Waals surface area contributed by atoms with E-state index in [0.29, 0.717) is 17.5 Å². The number of halogens is 1. The van der Waals surface area contributed by atoms with Gasteiger partial charge in [0.15, 0.2) is 0 Å². The number of aliphatic hydroxyl groups excluding tert-OH is 1. The van der Waals surface area contributed by atoms with Gasteiger partial charge in [0.25, 0.3) is 0 Å². The fourth-order valence-electron chi connectivity index (χ4n) is 2.47. The van der Waals surface area contributed by atoms with Crippen molar-refractivity contribution in [2.24, 2.45) is 0 Å². The van der Waals surface area contributed by atoms with Crippen LogP contribution in [0.3, 0.4) is 0 Å². The van der Waals surface area contributed by atoms with Crippen LogP contribution in [0.4, 0.5) is 4.79 Å². The average molecular weight is 491 g/mol. The van der Waals surface area contributed by atoms with E-state index in [1.54, 1.807) is 57.3 Å². The Bertz CT molecular complexity index is 1000. The minimum absolute atomic E-state index is 0.138. The third-order valence-electron chi connectivity index (χ3n) is 3.81. The van der Waals surface area contributed by atoms with Gasteiger partial charge in [0.1, 0.15) is 11.4 Å². The Hall–Kier alpha value is -3.05. The van der Waals surface area contributed by atoms with Gasteiger partial charge >= 0.3 is 6.09 Å². The standard InChI is InChI=1S/C20H23BrN6O4/c1-20(2,3)31-19(29)23-15(12-28)11-27-25-18(24-26-27)13-4-7-16(8-5-13)30-17-9-6-14(21)10-22-17/h4-10,15,28H,11-12H2,1-3H3,(H,23,29)/t15-/m0/s1. The van der Waals surface area contributed by atoms with Crippen molar-refractivity contribution >= 4 is 22.0 Å². The molecule has 1 atom stereocenters. The van der Waals surface area contributed by atoms with Gasteiger partial charge in [0.05, 0.1) is 19.2 Å². The number of nitrogens with one attached hydrogen (secondary N) is 1. The first kappa shape index (κ1) is 22.6. The van der Waals surface area contributed by atoms with Crippen LogP contribution in [0.25, 0.3) is 11.4 Å². The van der Waals surface area contributed by atoms with Crippen molar-refractivity contribution in [2.45, 2.75) is 39.0 Å². The third kappa shape index (κ3) is 7.00. The zero-order valence-electron chi connectivity index (χ0n) is 17.3. The molecule has 0 aliphatic heterocycles. The van der Waals surface area contributed by atoms with E-state index < -0.39 is 17.7 Å². The molecule has 31 heavy (non-hydrogen) atoms. The highest BCUT2D eigenvalue weighted by Crippen LogP contribution is 2.23. The normalized spacial score (nSPS) is 12.3. The van der Waals surface area contributed by atoms with Crippen LogP contribution < -0.4 is 10.1 Å². The number of rotatable bonds is 7. The summed E-state index contributed by atoms with van der Waals surface area (Å²) in [6.07, 6.45) is 1.03. The number of nitrogens with zero attached hydrogens (tertiary/aromatic N) is 5. The van der Waals surface area contributed by atoms with Gasteiger partial charge in [-0.3, -0.25) is 0 Å². The Kier molecular flexibility index (Phi) is 7.18. The highest BCUT2D eigenvalue weighted by atomic mass is 79.9. The van der Waals surface area contributed by atoms with Crippen molar-refractivity contribution in [3.63, 3.8) is 0 Å². The molecule has 0 saturated carbocycles. The van der Waals surface area contributed by atoms with E-state index in [-0.39, 0.29) is 13.2 Å². The topological polar surface area (TPSA) is 124 Å². The highest BCUT2D eigenvalue weighted by molar-refractivity contribution is 9.10. The number of carbonyl (C=O) groups is 1. The van der Waals surface area contributed by atoms with Crippen molar-refractivity contribution in [3.8, 4) is 23.0 Å². The third-order valence-corrected chi connectivity index (χ3v) is 4.28. The lowest BCUT2D eigenvalue weighted by Gasteiger charge is -2.22. The minimum atomic E-state index is -0.633. The number of hydrogen-bond donors (Lipinski definition) is 2. The van der Waals surface area contributed by atoms with E-state index in [9.17, 15) is 9.90 Å². The van der Waals surface area contributed by atoms with Crippen LogP contribution in [0.15, 0.2) is 47.1 Å². The zero-order valence-corrected chi connectivity index (χ0v) is 18.9. The lowest BCUT2D eigenvalue weighted by atomic mass is 10.2. The van der Waals surface area contributed by atoms with Crippen LogP contribution in [-0.2, 0) is 11.3 Å². The molecule has 0 saturated heterocycles. The van der Waals surface area contributed by atoms with Gasteiger partial charge in [-0.2, -0.15) is 4.80 Å². The van der Waals surface area contributed by atoms with Crippen molar-refractivity contribution in [1.82, 2.24) is 30.5 Å². The monoisotopic (exact) mass is 490 g/mol. The van der Waals surface area contributed by atoms with Crippen LogP contribution in [0, 0.1) is 0 Å². The first-order valence-corrected chi connectivity index (χ1v) is 10.3. The number of pyridine rings is 1. The molecule has 0 fully saturated rings. The summed E-state index contributed by atoms with van der Waals surface area (Å²) in [5.74, 6) is 1.50. The predicted octanol–water partition coefficient (Wildman–Crippen LogP) is 3.18. The number of amides is 1. The molecule has 3 rings (SSSR count). The smallest absolute Gasteiger partial charge is 0.408 e. The largest absolute Gasteiger partial charge is 0.444 e.